The summed E-state index contributed by atoms with van der Waals surface area (Å²) in [6.07, 6.45) is -2.50. The van der Waals surface area contributed by atoms with Gasteiger partial charge in [0.15, 0.2) is 0 Å². The first-order valence-corrected chi connectivity index (χ1v) is 8.05. The molecular weight excluding hydrogens is 333 g/mol. The fourth-order valence-electron chi connectivity index (χ4n) is 3.07. The summed E-state index contributed by atoms with van der Waals surface area (Å²) in [5, 5.41) is 13.6. The predicted molar refractivity (Wildman–Crippen MR) is 84.5 cm³/mol. The molecule has 134 valence electrons. The Morgan fingerprint density at radius 1 is 1.12 bits per heavy atom. The molecule has 1 atom stereocenters. The number of rotatable bonds is 3. The third-order valence-electron chi connectivity index (χ3n) is 4.61. The second kappa shape index (κ2) is 6.16. The maximum Gasteiger partial charge on any atom is 0.416 e. The molecule has 0 spiro atoms. The van der Waals surface area contributed by atoms with Crippen LogP contribution in [0.2, 0.25) is 0 Å². The van der Waals surface area contributed by atoms with Gasteiger partial charge in [0.25, 0.3) is 0 Å². The van der Waals surface area contributed by atoms with Crippen molar-refractivity contribution in [3.8, 4) is 0 Å². The van der Waals surface area contributed by atoms with Gasteiger partial charge in [-0.15, -0.1) is 0 Å². The number of benzene rings is 1. The number of amides is 1. The van der Waals surface area contributed by atoms with E-state index in [1.54, 1.807) is 13.8 Å². The first-order chi connectivity index (χ1) is 11.7. The third kappa shape index (κ3) is 3.67. The van der Waals surface area contributed by atoms with Crippen LogP contribution in [0.3, 0.4) is 0 Å². The highest BCUT2D eigenvalue weighted by molar-refractivity contribution is 5.80. The fraction of sp³-hybridized carbons (Fsp3) is 0.471. The molecule has 0 fully saturated rings. The highest BCUT2D eigenvalue weighted by Gasteiger charge is 2.33. The number of carbonyl (C=O) groups excluding carboxylic acids is 1. The fourth-order valence-corrected chi connectivity index (χ4v) is 3.07. The number of H-pyrrole nitrogens is 1. The zero-order chi connectivity index (χ0) is 18.2. The van der Waals surface area contributed by atoms with Crippen LogP contribution < -0.4 is 5.32 Å². The lowest BCUT2D eigenvalue weighted by Gasteiger charge is -2.30. The topological polar surface area (TPSA) is 70.7 Å². The largest absolute Gasteiger partial charge is 0.416 e. The number of aryl methyl sites for hydroxylation is 1. The van der Waals surface area contributed by atoms with Gasteiger partial charge in [0.2, 0.25) is 5.91 Å². The summed E-state index contributed by atoms with van der Waals surface area (Å²) in [7, 11) is 0. The zero-order valence-corrected chi connectivity index (χ0v) is 13.9. The molecule has 1 aromatic heterocycles. The number of fused-ring (bicyclic) bond motifs is 1. The van der Waals surface area contributed by atoms with Crippen molar-refractivity contribution in [2.24, 2.45) is 5.92 Å². The van der Waals surface area contributed by atoms with Gasteiger partial charge >= 0.3 is 6.18 Å². The number of hydrogen-bond donors (Lipinski definition) is 2. The number of alkyl halides is 3. The molecule has 2 aromatic rings. The van der Waals surface area contributed by atoms with Gasteiger partial charge in [-0.05, 0) is 44.4 Å². The molecule has 3 rings (SSSR count). The van der Waals surface area contributed by atoms with Gasteiger partial charge in [-0.2, -0.15) is 28.6 Å². The molecule has 1 heterocycles. The van der Waals surface area contributed by atoms with Crippen LogP contribution in [-0.2, 0) is 29.4 Å². The maximum absolute atomic E-state index is 12.7. The second-order valence-electron chi connectivity index (χ2n) is 6.85. The predicted octanol–water partition coefficient (Wildman–Crippen LogP) is 2.98. The van der Waals surface area contributed by atoms with Crippen LogP contribution in [0.4, 0.5) is 13.2 Å². The SMILES string of the molecule is CC(C)(NC(=O)C1CCc2n[nH]nc2C1)c1ccc(C(F)(F)F)cc1. The summed E-state index contributed by atoms with van der Waals surface area (Å²) < 4.78 is 38.0. The lowest BCUT2D eigenvalue weighted by Crippen LogP contribution is -2.45. The van der Waals surface area contributed by atoms with E-state index in [-0.39, 0.29) is 11.8 Å². The molecule has 0 saturated carbocycles. The molecule has 1 amide bonds. The Labute approximate surface area is 143 Å². The molecule has 5 nitrogen and oxygen atoms in total. The average molecular weight is 352 g/mol. The van der Waals surface area contributed by atoms with Crippen LogP contribution in [0.1, 0.15) is 42.8 Å². The van der Waals surface area contributed by atoms with E-state index in [2.05, 4.69) is 20.7 Å². The van der Waals surface area contributed by atoms with Crippen molar-refractivity contribution in [3.05, 3.63) is 46.8 Å². The number of hydrogen-bond acceptors (Lipinski definition) is 3. The van der Waals surface area contributed by atoms with Crippen LogP contribution >= 0.6 is 0 Å². The third-order valence-corrected chi connectivity index (χ3v) is 4.61. The van der Waals surface area contributed by atoms with Crippen LogP contribution in [-0.4, -0.2) is 21.3 Å². The molecule has 1 aliphatic rings. The van der Waals surface area contributed by atoms with Crippen molar-refractivity contribution >= 4 is 5.91 Å². The van der Waals surface area contributed by atoms with Gasteiger partial charge < -0.3 is 5.32 Å². The summed E-state index contributed by atoms with van der Waals surface area (Å²) in [4.78, 5) is 12.6. The summed E-state index contributed by atoms with van der Waals surface area (Å²) >= 11 is 0. The molecule has 1 aromatic carbocycles. The lowest BCUT2D eigenvalue weighted by atomic mass is 9.87. The smallest absolute Gasteiger partial charge is 0.347 e. The molecule has 8 heteroatoms. The minimum atomic E-state index is -4.37. The van der Waals surface area contributed by atoms with E-state index in [1.165, 1.54) is 12.1 Å². The average Bonchev–Trinajstić information content (AvgIpc) is 3.01. The number of halogens is 3. The van der Waals surface area contributed by atoms with E-state index in [0.29, 0.717) is 24.8 Å². The van der Waals surface area contributed by atoms with E-state index in [1.807, 2.05) is 0 Å². The minimum Gasteiger partial charge on any atom is -0.347 e. The molecular formula is C17H19F3N4O. The van der Waals surface area contributed by atoms with E-state index < -0.39 is 17.3 Å². The maximum atomic E-state index is 12.7. The van der Waals surface area contributed by atoms with Crippen molar-refractivity contribution in [3.63, 3.8) is 0 Å². The Bertz CT molecular complexity index is 765. The van der Waals surface area contributed by atoms with Crippen LogP contribution in [0.5, 0.6) is 0 Å². The normalized spacial score (nSPS) is 17.9. The Balaban J connectivity index is 1.69. The molecule has 0 radical (unpaired) electrons. The number of aromatic nitrogens is 3. The van der Waals surface area contributed by atoms with E-state index in [9.17, 15) is 18.0 Å². The van der Waals surface area contributed by atoms with E-state index in [4.69, 9.17) is 0 Å². The number of nitrogens with one attached hydrogen (secondary N) is 2. The molecule has 2 N–H and O–H groups in total. The first-order valence-electron chi connectivity index (χ1n) is 8.05. The number of aromatic amines is 1. The lowest BCUT2D eigenvalue weighted by molar-refractivity contribution is -0.137. The van der Waals surface area contributed by atoms with Crippen LogP contribution in [0, 0.1) is 5.92 Å². The van der Waals surface area contributed by atoms with Gasteiger partial charge in [0.1, 0.15) is 0 Å². The van der Waals surface area contributed by atoms with Crippen molar-refractivity contribution in [2.75, 3.05) is 0 Å². The second-order valence-corrected chi connectivity index (χ2v) is 6.85. The quantitative estimate of drug-likeness (QED) is 0.892. The van der Waals surface area contributed by atoms with Crippen molar-refractivity contribution in [2.45, 2.75) is 44.8 Å². The standard InChI is InChI=1S/C17H19F3N4O/c1-16(2,11-4-6-12(7-5-11)17(18,19)20)21-15(25)10-3-8-13-14(9-10)23-24-22-13/h4-7,10H,3,8-9H2,1-2H3,(H,21,25)(H,22,23,24). The zero-order valence-electron chi connectivity index (χ0n) is 13.9. The summed E-state index contributed by atoms with van der Waals surface area (Å²) in [6.45, 7) is 3.55. The minimum absolute atomic E-state index is 0.126. The monoisotopic (exact) mass is 352 g/mol. The highest BCUT2D eigenvalue weighted by atomic mass is 19.4. The van der Waals surface area contributed by atoms with Crippen molar-refractivity contribution < 1.29 is 18.0 Å². The molecule has 0 saturated heterocycles. The molecule has 25 heavy (non-hydrogen) atoms. The van der Waals surface area contributed by atoms with Crippen molar-refractivity contribution in [1.29, 1.82) is 0 Å². The highest BCUT2D eigenvalue weighted by Crippen LogP contribution is 2.31. The van der Waals surface area contributed by atoms with Gasteiger partial charge in [0.05, 0.1) is 22.5 Å². The Hall–Kier alpha value is -2.38. The van der Waals surface area contributed by atoms with Crippen LogP contribution in [0.15, 0.2) is 24.3 Å². The van der Waals surface area contributed by atoms with Crippen molar-refractivity contribution in [1.82, 2.24) is 20.7 Å². The molecule has 0 aliphatic heterocycles. The number of nitrogens with zero attached hydrogens (tertiary/aromatic N) is 2. The van der Waals surface area contributed by atoms with Gasteiger partial charge in [-0.3, -0.25) is 4.79 Å². The van der Waals surface area contributed by atoms with Gasteiger partial charge in [-0.25, -0.2) is 0 Å². The van der Waals surface area contributed by atoms with E-state index >= 15 is 0 Å². The van der Waals surface area contributed by atoms with Gasteiger partial charge in [-0.1, -0.05) is 12.1 Å². The molecule has 1 aliphatic carbocycles. The molecule has 0 bridgehead atoms. The summed E-state index contributed by atoms with van der Waals surface area (Å²) in [5.41, 5.74) is 0.839. The van der Waals surface area contributed by atoms with Crippen LogP contribution in [0.25, 0.3) is 0 Å². The number of carbonyl (C=O) groups is 1. The van der Waals surface area contributed by atoms with E-state index in [0.717, 1.165) is 23.5 Å². The molecule has 1 unspecified atom stereocenters. The Kier molecular flexibility index (Phi) is 4.30. The Morgan fingerprint density at radius 3 is 2.36 bits per heavy atom. The summed E-state index contributed by atoms with van der Waals surface area (Å²) in [6, 6.07) is 4.87. The first kappa shape index (κ1) is 17.4. The summed E-state index contributed by atoms with van der Waals surface area (Å²) in [5.74, 6) is -0.343. The Morgan fingerprint density at radius 2 is 1.72 bits per heavy atom. The van der Waals surface area contributed by atoms with Gasteiger partial charge in [0, 0.05) is 12.3 Å².